The third kappa shape index (κ3) is 10.7. The number of rotatable bonds is 10. The smallest absolute Gasteiger partial charge is 0.308 e. The Hall–Kier alpha value is -1.53. The molecule has 0 aliphatic rings. The minimum atomic E-state index is -1.67. The van der Waals surface area contributed by atoms with Crippen molar-refractivity contribution in [2.45, 2.75) is 19.6 Å². The Morgan fingerprint density at radius 2 is 0.700 bits per heavy atom. The van der Waals surface area contributed by atoms with Crippen molar-refractivity contribution in [2.24, 2.45) is 0 Å². The van der Waals surface area contributed by atoms with Gasteiger partial charge < -0.3 is 9.80 Å². The molecule has 206 valence electrons. The first kappa shape index (κ1) is 34.7. The minimum Gasteiger partial charge on any atom is -0.308 e. The molecule has 0 radical (unpaired) electrons. The van der Waals surface area contributed by atoms with Crippen molar-refractivity contribution >= 4 is 45.1 Å². The maximum absolute atomic E-state index is 2.53. The van der Waals surface area contributed by atoms with Crippen LogP contribution in [0.2, 0.25) is 19.6 Å². The van der Waals surface area contributed by atoms with E-state index < -0.39 is 23.9 Å². The van der Waals surface area contributed by atoms with E-state index in [0.29, 0.717) is 0 Å². The van der Waals surface area contributed by atoms with Gasteiger partial charge in [-0.15, -0.1) is 0 Å². The van der Waals surface area contributed by atoms with Gasteiger partial charge in [0.05, 0.1) is 0 Å². The normalized spacial score (nSPS) is 11.5. The number of likely N-dealkylation sites (N-methyl/N-ethyl adjacent to an activating group) is 2. The van der Waals surface area contributed by atoms with Crippen molar-refractivity contribution in [1.82, 2.24) is 9.80 Å². The number of hydrogen-bond acceptors (Lipinski definition) is 2. The zero-order valence-electron chi connectivity index (χ0n) is 25.8. The van der Waals surface area contributed by atoms with Crippen LogP contribution in [0.3, 0.4) is 0 Å². The van der Waals surface area contributed by atoms with Crippen molar-refractivity contribution in [2.75, 3.05) is 41.3 Å². The van der Waals surface area contributed by atoms with Crippen LogP contribution in [0.15, 0.2) is 121 Å². The van der Waals surface area contributed by atoms with Crippen LogP contribution in [0.1, 0.15) is 0 Å². The maximum atomic E-state index is 2.53. The van der Waals surface area contributed by atoms with E-state index in [2.05, 4.69) is 179 Å². The van der Waals surface area contributed by atoms with Gasteiger partial charge in [-0.1, -0.05) is 170 Å². The first-order valence-corrected chi connectivity index (χ1v) is 19.8. The van der Waals surface area contributed by atoms with Gasteiger partial charge in [0.15, 0.2) is 0 Å². The third-order valence-corrected chi connectivity index (χ3v) is 18.2. The predicted molar refractivity (Wildman–Crippen MR) is 182 cm³/mol. The van der Waals surface area contributed by atoms with Gasteiger partial charge in [0.1, 0.15) is 0 Å². The molecule has 4 aromatic carbocycles. The third-order valence-electron chi connectivity index (χ3n) is 6.15. The van der Waals surface area contributed by atoms with Crippen LogP contribution < -0.4 is 40.1 Å². The summed E-state index contributed by atoms with van der Waals surface area (Å²) in [6.07, 6.45) is 0. The summed E-state index contributed by atoms with van der Waals surface area (Å²) in [5.74, 6) is 0. The number of nitrogens with zero attached hydrogens (tertiary/aromatic N) is 2. The monoisotopic (exact) mass is 578 g/mol. The fraction of sp³-hybridized carbons (Fsp3) is 0.265. The molecule has 0 unspecified atom stereocenters. The molecule has 0 aliphatic carbocycles. The van der Waals surface area contributed by atoms with Gasteiger partial charge in [0, 0.05) is 13.1 Å². The Morgan fingerprint density at radius 1 is 0.475 bits per heavy atom. The van der Waals surface area contributed by atoms with E-state index in [1.165, 1.54) is 21.2 Å². The molecule has 0 amide bonds. The first-order valence-electron chi connectivity index (χ1n) is 13.7. The van der Waals surface area contributed by atoms with Crippen molar-refractivity contribution in [3.63, 3.8) is 0 Å². The molecule has 0 saturated carbocycles. The van der Waals surface area contributed by atoms with E-state index in [0.717, 1.165) is 13.1 Å². The van der Waals surface area contributed by atoms with Gasteiger partial charge in [-0.2, -0.15) is 15.8 Å². The van der Waals surface area contributed by atoms with Crippen LogP contribution >= 0.6 is 15.8 Å². The average Bonchev–Trinajstić information content (AvgIpc) is 2.94. The second-order valence-electron chi connectivity index (χ2n) is 11.2. The molecule has 0 aromatic heterocycles. The molecule has 0 spiro atoms. The molecule has 0 heterocycles. The van der Waals surface area contributed by atoms with Gasteiger partial charge in [0.2, 0.25) is 0 Å². The fourth-order valence-corrected chi connectivity index (χ4v) is 16.8. The first-order chi connectivity index (χ1) is 18.7. The van der Waals surface area contributed by atoms with Gasteiger partial charge in [-0.05, 0) is 28.2 Å². The van der Waals surface area contributed by atoms with E-state index in [9.17, 15) is 0 Å². The topological polar surface area (TPSA) is 6.48 Å². The molecule has 40 heavy (non-hydrogen) atoms. The quantitative estimate of drug-likeness (QED) is 0.161. The Kier molecular flexibility index (Phi) is 15.1. The molecule has 0 bridgehead atoms. The van der Waals surface area contributed by atoms with E-state index in [-0.39, 0.29) is 18.9 Å². The molecule has 4 rings (SSSR count). The van der Waals surface area contributed by atoms with Gasteiger partial charge in [-0.25, -0.2) is 5.02 Å². The zero-order chi connectivity index (χ0) is 28.3. The van der Waals surface area contributed by atoms with Crippen LogP contribution in [-0.2, 0) is 0 Å². The summed E-state index contributed by atoms with van der Waals surface area (Å²) >= 11 is 0. The molecule has 4 aromatic rings. The molecular formula is C34H45LiN2P2Si. The summed E-state index contributed by atoms with van der Waals surface area (Å²) in [7, 11) is 5.51. The molecular weight excluding hydrogens is 533 g/mol. The number of benzene rings is 4. The van der Waals surface area contributed by atoms with Crippen molar-refractivity contribution in [3.05, 3.63) is 126 Å². The van der Waals surface area contributed by atoms with Crippen LogP contribution in [0, 0.1) is 5.02 Å². The maximum Gasteiger partial charge on any atom is 1.00 e. The summed E-state index contributed by atoms with van der Waals surface area (Å²) in [6, 6.07) is 44.8. The summed E-state index contributed by atoms with van der Waals surface area (Å²) in [5.41, 5.74) is 0. The Morgan fingerprint density at radius 3 is 0.875 bits per heavy atom. The molecule has 0 saturated heterocycles. The van der Waals surface area contributed by atoms with Gasteiger partial charge >= 0.3 is 18.9 Å². The number of hydrogen-bond donors (Lipinski definition) is 0. The Balaban J connectivity index is 0.000000546. The zero-order valence-corrected chi connectivity index (χ0v) is 28.5. The van der Waals surface area contributed by atoms with Crippen LogP contribution in [0.4, 0.5) is 0 Å². The molecule has 6 heteroatoms. The van der Waals surface area contributed by atoms with Crippen molar-refractivity contribution in [3.8, 4) is 0 Å². The summed E-state index contributed by atoms with van der Waals surface area (Å²) in [5, 5.41) is 7.62. The van der Waals surface area contributed by atoms with Gasteiger partial charge in [-0.3, -0.25) is 0 Å². The van der Waals surface area contributed by atoms with Crippen LogP contribution in [0.25, 0.3) is 0 Å². The molecule has 2 nitrogen and oxygen atoms in total. The summed E-state index contributed by atoms with van der Waals surface area (Å²) in [6.45, 7) is 9.89. The van der Waals surface area contributed by atoms with E-state index in [1.807, 2.05) is 0 Å². The SMILES string of the molecule is CN(C)CCN(C)C.C[Si](C)(C)[C-](P(c1ccccc1)c1ccccc1)P(c1ccccc1)c1ccccc1.[Li+]. The molecule has 0 atom stereocenters. The Bertz CT molecular complexity index is 1030. The Labute approximate surface area is 259 Å². The average molecular weight is 579 g/mol. The predicted octanol–water partition coefficient (Wildman–Crippen LogP) is 3.73. The van der Waals surface area contributed by atoms with Gasteiger partial charge in [0.25, 0.3) is 0 Å². The van der Waals surface area contributed by atoms with Crippen molar-refractivity contribution in [1.29, 1.82) is 0 Å². The molecule has 0 fully saturated rings. The summed E-state index contributed by atoms with van der Waals surface area (Å²) in [4.78, 5) is 4.36. The van der Waals surface area contributed by atoms with Crippen molar-refractivity contribution < 1.29 is 18.9 Å². The second kappa shape index (κ2) is 17.4. The van der Waals surface area contributed by atoms with E-state index >= 15 is 0 Å². The summed E-state index contributed by atoms with van der Waals surface area (Å²) < 4.78 is 0. The van der Waals surface area contributed by atoms with Crippen LogP contribution in [0.5, 0.6) is 0 Å². The fourth-order valence-electron chi connectivity index (χ4n) is 4.27. The second-order valence-corrected chi connectivity index (χ2v) is 21.7. The van der Waals surface area contributed by atoms with E-state index in [1.54, 1.807) is 5.02 Å². The molecule has 0 N–H and O–H groups in total. The van der Waals surface area contributed by atoms with E-state index in [4.69, 9.17) is 0 Å². The minimum absolute atomic E-state index is 0. The standard InChI is InChI=1S/C28H29P2Si.C6H16N2.Li/c1-31(2,3)28(29(24-16-8-4-9-17-24)25-18-10-5-11-19-25)30(26-20-12-6-13-21-26)27-22-14-7-15-23-27;1-7(2)5-6-8(3)4;/h4-23H,1-3H3;5-6H2,1-4H3;/q-1;;+1. The van der Waals surface area contributed by atoms with Crippen LogP contribution in [-0.4, -0.2) is 59.2 Å². The largest absolute Gasteiger partial charge is 1.00 e. The molecule has 0 aliphatic heterocycles.